The van der Waals surface area contributed by atoms with Crippen LogP contribution in [0.3, 0.4) is 0 Å². The summed E-state index contributed by atoms with van der Waals surface area (Å²) in [4.78, 5) is 1.78. The van der Waals surface area contributed by atoms with Gasteiger partial charge in [-0.25, -0.2) is 17.6 Å². The van der Waals surface area contributed by atoms with E-state index >= 15 is 0 Å². The highest BCUT2D eigenvalue weighted by Crippen LogP contribution is 2.32. The van der Waals surface area contributed by atoms with E-state index in [9.17, 15) is 17.6 Å². The SMILES string of the molecule is Cl.OCCC[C@H](c1c(F)c(F)cc(F)c1F)N1CCNCC1. The number of nitrogens with one attached hydrogen (secondary N) is 1. The summed E-state index contributed by atoms with van der Waals surface area (Å²) >= 11 is 0. The van der Waals surface area contributed by atoms with E-state index in [1.54, 1.807) is 4.90 Å². The lowest BCUT2D eigenvalue weighted by molar-refractivity contribution is 0.147. The van der Waals surface area contributed by atoms with Crippen molar-refractivity contribution in [2.45, 2.75) is 18.9 Å². The van der Waals surface area contributed by atoms with Crippen molar-refractivity contribution < 1.29 is 22.7 Å². The van der Waals surface area contributed by atoms with Crippen LogP contribution in [0.1, 0.15) is 24.4 Å². The number of aliphatic hydroxyl groups is 1. The van der Waals surface area contributed by atoms with Crippen molar-refractivity contribution in [2.24, 2.45) is 0 Å². The van der Waals surface area contributed by atoms with E-state index in [0.29, 0.717) is 32.6 Å². The quantitative estimate of drug-likeness (QED) is 0.637. The summed E-state index contributed by atoms with van der Waals surface area (Å²) < 4.78 is 54.8. The highest BCUT2D eigenvalue weighted by Gasteiger charge is 2.30. The molecule has 0 saturated carbocycles. The number of piperazine rings is 1. The number of benzene rings is 1. The Morgan fingerprint density at radius 2 is 1.64 bits per heavy atom. The molecule has 0 radical (unpaired) electrons. The predicted octanol–water partition coefficient (Wildman–Crippen LogP) is 2.38. The second-order valence-corrected chi connectivity index (χ2v) is 5.05. The highest BCUT2D eigenvalue weighted by molar-refractivity contribution is 5.85. The molecule has 3 nitrogen and oxygen atoms in total. The first-order valence-corrected chi connectivity index (χ1v) is 6.94. The van der Waals surface area contributed by atoms with Crippen LogP contribution >= 0.6 is 12.4 Å². The molecule has 1 atom stereocenters. The van der Waals surface area contributed by atoms with Crippen LogP contribution in [0.25, 0.3) is 0 Å². The summed E-state index contributed by atoms with van der Waals surface area (Å²) in [6, 6.07) is -0.570. The van der Waals surface area contributed by atoms with Crippen LogP contribution in [0.4, 0.5) is 17.6 Å². The van der Waals surface area contributed by atoms with Crippen molar-refractivity contribution in [3.8, 4) is 0 Å². The van der Waals surface area contributed by atoms with Gasteiger partial charge in [-0.15, -0.1) is 12.4 Å². The van der Waals surface area contributed by atoms with E-state index in [-0.39, 0.29) is 31.5 Å². The van der Waals surface area contributed by atoms with Gasteiger partial charge in [-0.05, 0) is 12.8 Å². The second-order valence-electron chi connectivity index (χ2n) is 5.05. The molecule has 0 amide bonds. The minimum atomic E-state index is -1.40. The summed E-state index contributed by atoms with van der Waals surface area (Å²) in [5, 5.41) is 12.0. The Bertz CT molecular complexity index is 472. The smallest absolute Gasteiger partial charge is 0.166 e. The van der Waals surface area contributed by atoms with Crippen molar-refractivity contribution in [2.75, 3.05) is 32.8 Å². The molecule has 2 rings (SSSR count). The fourth-order valence-corrected chi connectivity index (χ4v) is 2.67. The average Bonchev–Trinajstić information content (AvgIpc) is 2.49. The van der Waals surface area contributed by atoms with Crippen LogP contribution < -0.4 is 5.32 Å². The minimum Gasteiger partial charge on any atom is -0.396 e. The molecule has 0 spiro atoms. The fraction of sp³-hybridized carbons (Fsp3) is 0.571. The Labute approximate surface area is 132 Å². The maximum atomic E-state index is 14.0. The maximum Gasteiger partial charge on any atom is 0.166 e. The van der Waals surface area contributed by atoms with Gasteiger partial charge >= 0.3 is 0 Å². The molecule has 1 fully saturated rings. The lowest BCUT2D eigenvalue weighted by atomic mass is 9.98. The van der Waals surface area contributed by atoms with Crippen LogP contribution in [-0.2, 0) is 0 Å². The number of nitrogens with zero attached hydrogens (tertiary/aromatic N) is 1. The van der Waals surface area contributed by atoms with Gasteiger partial charge in [0.25, 0.3) is 0 Å². The molecule has 8 heteroatoms. The number of rotatable bonds is 5. The largest absolute Gasteiger partial charge is 0.396 e. The molecular weight excluding hydrogens is 324 g/mol. The fourth-order valence-electron chi connectivity index (χ4n) is 2.67. The highest BCUT2D eigenvalue weighted by atomic mass is 35.5. The van der Waals surface area contributed by atoms with Crippen molar-refractivity contribution in [1.29, 1.82) is 0 Å². The molecule has 0 aromatic heterocycles. The van der Waals surface area contributed by atoms with Gasteiger partial charge in [0.2, 0.25) is 0 Å². The lowest BCUT2D eigenvalue weighted by Gasteiger charge is -2.35. The number of aliphatic hydroxyl groups excluding tert-OH is 1. The number of hydrogen-bond acceptors (Lipinski definition) is 3. The van der Waals surface area contributed by atoms with Gasteiger partial charge < -0.3 is 10.4 Å². The summed E-state index contributed by atoms with van der Waals surface area (Å²) in [5.41, 5.74) is -0.581. The van der Waals surface area contributed by atoms with E-state index in [2.05, 4.69) is 5.32 Å². The molecule has 1 heterocycles. The average molecular weight is 343 g/mol. The van der Waals surface area contributed by atoms with Crippen molar-refractivity contribution in [3.63, 3.8) is 0 Å². The van der Waals surface area contributed by atoms with Crippen molar-refractivity contribution in [1.82, 2.24) is 10.2 Å². The van der Waals surface area contributed by atoms with Gasteiger partial charge in [0.05, 0.1) is 0 Å². The Morgan fingerprint density at radius 1 is 1.09 bits per heavy atom. The summed E-state index contributed by atoms with van der Waals surface area (Å²) in [6.45, 7) is 2.16. The van der Waals surface area contributed by atoms with Gasteiger partial charge in [-0.3, -0.25) is 4.90 Å². The molecule has 1 aliphatic heterocycles. The zero-order valence-corrected chi connectivity index (χ0v) is 12.7. The van der Waals surface area contributed by atoms with Gasteiger partial charge in [-0.2, -0.15) is 0 Å². The Hall–Kier alpha value is -0.890. The van der Waals surface area contributed by atoms with Gasteiger partial charge in [-0.1, -0.05) is 0 Å². The number of halogens is 5. The Morgan fingerprint density at radius 3 is 2.14 bits per heavy atom. The Kier molecular flexibility index (Phi) is 7.55. The third-order valence-electron chi connectivity index (χ3n) is 3.71. The maximum absolute atomic E-state index is 14.0. The first-order chi connectivity index (χ1) is 10.1. The van der Waals surface area contributed by atoms with Crippen LogP contribution in [0.15, 0.2) is 6.07 Å². The number of hydrogen-bond donors (Lipinski definition) is 2. The Balaban J connectivity index is 0.00000242. The molecule has 22 heavy (non-hydrogen) atoms. The molecule has 0 bridgehead atoms. The monoisotopic (exact) mass is 342 g/mol. The van der Waals surface area contributed by atoms with Gasteiger partial charge in [0.15, 0.2) is 23.3 Å². The third kappa shape index (κ3) is 4.10. The molecule has 0 unspecified atom stereocenters. The summed E-state index contributed by atoms with van der Waals surface area (Å²) in [7, 11) is 0. The first kappa shape index (κ1) is 19.2. The second kappa shape index (κ2) is 8.67. The van der Waals surface area contributed by atoms with Gasteiger partial charge in [0, 0.05) is 50.5 Å². The van der Waals surface area contributed by atoms with E-state index in [1.165, 1.54) is 0 Å². The van der Waals surface area contributed by atoms with E-state index in [4.69, 9.17) is 5.11 Å². The first-order valence-electron chi connectivity index (χ1n) is 6.94. The predicted molar refractivity (Wildman–Crippen MR) is 77.0 cm³/mol. The summed E-state index contributed by atoms with van der Waals surface area (Å²) in [5.74, 6) is -5.49. The normalized spacial score (nSPS) is 17.1. The minimum absolute atomic E-state index is 0. The van der Waals surface area contributed by atoms with Crippen LogP contribution in [-0.4, -0.2) is 42.8 Å². The molecule has 1 aromatic carbocycles. The molecule has 1 saturated heterocycles. The van der Waals surface area contributed by atoms with E-state index < -0.39 is 34.9 Å². The molecule has 0 aliphatic carbocycles. The lowest BCUT2D eigenvalue weighted by Crippen LogP contribution is -2.45. The zero-order valence-electron chi connectivity index (χ0n) is 11.9. The van der Waals surface area contributed by atoms with Crippen LogP contribution in [0, 0.1) is 23.3 Å². The zero-order chi connectivity index (χ0) is 15.4. The van der Waals surface area contributed by atoms with Crippen molar-refractivity contribution >= 4 is 12.4 Å². The van der Waals surface area contributed by atoms with E-state index in [0.717, 1.165) is 0 Å². The van der Waals surface area contributed by atoms with Crippen molar-refractivity contribution in [3.05, 3.63) is 34.9 Å². The van der Waals surface area contributed by atoms with Crippen LogP contribution in [0.2, 0.25) is 0 Å². The molecular formula is C14H19ClF4N2O. The van der Waals surface area contributed by atoms with E-state index in [1.807, 2.05) is 0 Å². The standard InChI is InChI=1S/C14H18F4N2O.ClH/c15-9-8-10(16)14(18)12(13(9)17)11(2-1-7-21)20-5-3-19-4-6-20;/h8,11,19,21H,1-7H2;1H/t11-;/m1./s1. The molecule has 1 aliphatic rings. The van der Waals surface area contributed by atoms with Gasteiger partial charge in [0.1, 0.15) is 0 Å². The summed E-state index contributed by atoms with van der Waals surface area (Å²) in [6.07, 6.45) is 0.527. The topological polar surface area (TPSA) is 35.5 Å². The molecule has 126 valence electrons. The molecule has 1 aromatic rings. The van der Waals surface area contributed by atoms with Crippen LogP contribution in [0.5, 0.6) is 0 Å². The molecule has 2 N–H and O–H groups in total. The third-order valence-corrected chi connectivity index (χ3v) is 3.71.